The van der Waals surface area contributed by atoms with Crippen LogP contribution in [0.1, 0.15) is 0 Å². The Labute approximate surface area is 113 Å². The van der Waals surface area contributed by atoms with Crippen LogP contribution in [0.15, 0.2) is 30.3 Å². The van der Waals surface area contributed by atoms with Crippen LogP contribution in [-0.2, 0) is 0 Å². The first kappa shape index (κ1) is 10.9. The molecule has 0 unspecified atom stereocenters. The summed E-state index contributed by atoms with van der Waals surface area (Å²) >= 11 is 11.2. The Morgan fingerprint density at radius 1 is 0.875 bits per heavy atom. The van der Waals surface area contributed by atoms with E-state index in [1.54, 1.807) is 22.7 Å². The van der Waals surface area contributed by atoms with Crippen molar-refractivity contribution in [1.82, 2.24) is 0 Å². The van der Waals surface area contributed by atoms with Gasteiger partial charge >= 0.3 is 0 Å². The molecular formula is C9H4O2S5. The zero-order valence-corrected chi connectivity index (χ0v) is 11.7. The highest BCUT2D eigenvalue weighted by Gasteiger charge is 2.24. The smallest absolute Gasteiger partial charge is 0.145 e. The number of rotatable bonds is 0. The zero-order chi connectivity index (χ0) is 11.3. The normalized spacial score (nSPS) is 13.2. The third-order valence-electron chi connectivity index (χ3n) is 1.98. The summed E-state index contributed by atoms with van der Waals surface area (Å²) in [5.74, 6) is 0.417. The molecule has 16 heavy (non-hydrogen) atoms. The van der Waals surface area contributed by atoms with Gasteiger partial charge in [0.05, 0.1) is 18.2 Å². The molecule has 3 rings (SSSR count). The number of fused-ring (bicyclic) bond motifs is 2. The van der Waals surface area contributed by atoms with Crippen molar-refractivity contribution in [2.75, 3.05) is 0 Å². The molecule has 0 amide bonds. The Balaban J connectivity index is 2.21. The van der Waals surface area contributed by atoms with Crippen LogP contribution >= 0.6 is 58.4 Å². The Kier molecular flexibility index (Phi) is 2.67. The van der Waals surface area contributed by atoms with Crippen molar-refractivity contribution < 1.29 is 10.2 Å². The van der Waals surface area contributed by atoms with Crippen LogP contribution in [0.25, 0.3) is 0 Å². The van der Waals surface area contributed by atoms with Gasteiger partial charge in [0.15, 0.2) is 0 Å². The van der Waals surface area contributed by atoms with Crippen molar-refractivity contribution in [1.29, 1.82) is 0 Å². The molecule has 0 saturated heterocycles. The summed E-state index contributed by atoms with van der Waals surface area (Å²) in [7, 11) is 0. The van der Waals surface area contributed by atoms with Crippen LogP contribution in [0.3, 0.4) is 0 Å². The maximum atomic E-state index is 9.75. The maximum Gasteiger partial charge on any atom is 0.145 e. The quantitative estimate of drug-likeness (QED) is 0.470. The molecule has 2 nitrogen and oxygen atoms in total. The summed E-state index contributed by atoms with van der Waals surface area (Å²) in [6, 6.07) is 3.02. The second kappa shape index (κ2) is 3.92. The standard InChI is InChI=1S/C9H4O2S5/c10-3-1-2-4(11)6-5(3)13-7-8(14-6)16-9(12)15-7/h1-2,10-11H. The van der Waals surface area contributed by atoms with Gasteiger partial charge < -0.3 is 10.2 Å². The lowest BCUT2D eigenvalue weighted by Crippen LogP contribution is -1.86. The molecule has 1 aromatic carbocycles. The van der Waals surface area contributed by atoms with E-state index in [0.717, 1.165) is 21.3 Å². The molecule has 0 aliphatic carbocycles. The number of hydrogen-bond acceptors (Lipinski definition) is 7. The zero-order valence-electron chi connectivity index (χ0n) is 7.59. The summed E-state index contributed by atoms with van der Waals surface area (Å²) in [5.41, 5.74) is 0. The molecule has 7 heteroatoms. The number of phenols is 2. The molecule has 0 spiro atoms. The second-order valence-corrected chi connectivity index (χ2v) is 8.78. The lowest BCUT2D eigenvalue weighted by Gasteiger charge is -2.16. The third kappa shape index (κ3) is 1.67. The van der Waals surface area contributed by atoms with Crippen molar-refractivity contribution in [3.8, 4) is 11.5 Å². The highest BCUT2D eigenvalue weighted by atomic mass is 32.2. The van der Waals surface area contributed by atoms with Crippen LogP contribution in [0.4, 0.5) is 0 Å². The Bertz CT molecular complexity index is 576. The summed E-state index contributed by atoms with van der Waals surface area (Å²) in [6.07, 6.45) is 0. The average molecular weight is 304 g/mol. The van der Waals surface area contributed by atoms with Gasteiger partial charge in [-0.3, -0.25) is 0 Å². The van der Waals surface area contributed by atoms with Crippen molar-refractivity contribution >= 4 is 58.4 Å². The van der Waals surface area contributed by atoms with Gasteiger partial charge in [0.1, 0.15) is 14.6 Å². The fourth-order valence-electron chi connectivity index (χ4n) is 1.31. The van der Waals surface area contributed by atoms with E-state index in [1.165, 1.54) is 35.7 Å². The summed E-state index contributed by atoms with van der Waals surface area (Å²) in [4.78, 5) is 1.45. The largest absolute Gasteiger partial charge is 0.507 e. The molecule has 2 N–H and O–H groups in total. The van der Waals surface area contributed by atoms with Crippen molar-refractivity contribution in [2.24, 2.45) is 0 Å². The van der Waals surface area contributed by atoms with E-state index in [2.05, 4.69) is 0 Å². The molecule has 0 atom stereocenters. The predicted molar refractivity (Wildman–Crippen MR) is 71.0 cm³/mol. The van der Waals surface area contributed by atoms with E-state index < -0.39 is 0 Å². The van der Waals surface area contributed by atoms with Crippen LogP contribution in [0.5, 0.6) is 11.5 Å². The van der Waals surface area contributed by atoms with Gasteiger partial charge in [0.25, 0.3) is 0 Å². The minimum Gasteiger partial charge on any atom is -0.507 e. The molecule has 0 fully saturated rings. The monoisotopic (exact) mass is 304 g/mol. The molecular weight excluding hydrogens is 300 g/mol. The molecule has 1 aromatic heterocycles. The minimum atomic E-state index is 0.209. The van der Waals surface area contributed by atoms with E-state index in [4.69, 9.17) is 12.2 Å². The van der Waals surface area contributed by atoms with Crippen molar-refractivity contribution in [2.45, 2.75) is 18.2 Å². The van der Waals surface area contributed by atoms with Crippen molar-refractivity contribution in [3.63, 3.8) is 0 Å². The molecule has 0 bridgehead atoms. The van der Waals surface area contributed by atoms with E-state index in [1.807, 2.05) is 0 Å². The van der Waals surface area contributed by atoms with Gasteiger partial charge in [-0.2, -0.15) is 0 Å². The van der Waals surface area contributed by atoms with Crippen LogP contribution in [0, 0.1) is 3.14 Å². The molecule has 82 valence electrons. The minimum absolute atomic E-state index is 0.209. The molecule has 1 aliphatic rings. The van der Waals surface area contributed by atoms with E-state index >= 15 is 0 Å². The van der Waals surface area contributed by atoms with Gasteiger partial charge in [0.2, 0.25) is 0 Å². The maximum absolute atomic E-state index is 9.75. The van der Waals surface area contributed by atoms with E-state index in [0.29, 0.717) is 0 Å². The first-order valence-electron chi connectivity index (χ1n) is 4.20. The van der Waals surface area contributed by atoms with Crippen LogP contribution in [0.2, 0.25) is 0 Å². The lowest BCUT2D eigenvalue weighted by molar-refractivity contribution is 0.435. The van der Waals surface area contributed by atoms with Crippen LogP contribution in [-0.4, -0.2) is 10.2 Å². The SMILES string of the molecule is Oc1ccc(O)c2c1Sc1sc(=S)sc1S2. The number of aromatic hydroxyl groups is 2. The van der Waals surface area contributed by atoms with Crippen LogP contribution < -0.4 is 0 Å². The van der Waals surface area contributed by atoms with Gasteiger partial charge in [-0.1, -0.05) is 35.7 Å². The first-order chi connectivity index (χ1) is 7.65. The predicted octanol–water partition coefficient (Wildman–Crippen LogP) is 4.57. The third-order valence-corrected chi connectivity index (χ3v) is 7.75. The highest BCUT2D eigenvalue weighted by Crippen LogP contribution is 2.57. The second-order valence-electron chi connectivity index (χ2n) is 3.00. The van der Waals surface area contributed by atoms with E-state index in [-0.39, 0.29) is 11.5 Å². The summed E-state index contributed by atoms with van der Waals surface area (Å²) in [5, 5.41) is 19.5. The summed E-state index contributed by atoms with van der Waals surface area (Å²) < 4.78 is 3.08. The Morgan fingerprint density at radius 2 is 1.31 bits per heavy atom. The highest BCUT2D eigenvalue weighted by molar-refractivity contribution is 8.08. The molecule has 1 aliphatic heterocycles. The molecule has 0 radical (unpaired) electrons. The van der Waals surface area contributed by atoms with Crippen molar-refractivity contribution in [3.05, 3.63) is 15.3 Å². The molecule has 0 saturated carbocycles. The number of phenolic OH excluding ortho intramolecular Hbond substituents is 2. The Morgan fingerprint density at radius 3 is 1.75 bits per heavy atom. The molecule has 2 aromatic rings. The van der Waals surface area contributed by atoms with Gasteiger partial charge in [-0.25, -0.2) is 0 Å². The Hall–Kier alpha value is -0.210. The van der Waals surface area contributed by atoms with Gasteiger partial charge in [-0.15, -0.1) is 22.7 Å². The lowest BCUT2D eigenvalue weighted by atomic mass is 10.3. The number of benzene rings is 1. The first-order valence-corrected chi connectivity index (χ1v) is 7.87. The van der Waals surface area contributed by atoms with Gasteiger partial charge in [0, 0.05) is 0 Å². The fraction of sp³-hybridized carbons (Fsp3) is 0. The molecule has 2 heterocycles. The van der Waals surface area contributed by atoms with Gasteiger partial charge in [-0.05, 0) is 12.1 Å². The summed E-state index contributed by atoms with van der Waals surface area (Å²) in [6.45, 7) is 0. The topological polar surface area (TPSA) is 40.5 Å². The number of hydrogen-bond donors (Lipinski definition) is 2. The fourth-order valence-corrected chi connectivity index (χ4v) is 7.43. The van der Waals surface area contributed by atoms with E-state index in [9.17, 15) is 10.2 Å². The average Bonchev–Trinajstić information content (AvgIpc) is 2.61.